The number of benzene rings is 3. The lowest BCUT2D eigenvalue weighted by atomic mass is 9.99. The predicted octanol–water partition coefficient (Wildman–Crippen LogP) is 3.90. The van der Waals surface area contributed by atoms with Crippen LogP contribution >= 0.6 is 0 Å². The van der Waals surface area contributed by atoms with Gasteiger partial charge in [0, 0.05) is 31.9 Å². The minimum Gasteiger partial charge on any atom is -0.370 e. The Hall–Kier alpha value is -4.92. The molecule has 0 unspecified atom stereocenters. The van der Waals surface area contributed by atoms with Crippen molar-refractivity contribution < 1.29 is 9.59 Å². The van der Waals surface area contributed by atoms with E-state index in [2.05, 4.69) is 20.6 Å². The first kappa shape index (κ1) is 29.1. The van der Waals surface area contributed by atoms with Crippen molar-refractivity contribution in [3.63, 3.8) is 0 Å². The largest absolute Gasteiger partial charge is 0.370 e. The zero-order chi connectivity index (χ0) is 29.2. The molecule has 212 valence electrons. The summed E-state index contributed by atoms with van der Waals surface area (Å²) in [5.41, 5.74) is 13.4. The van der Waals surface area contributed by atoms with Crippen LogP contribution in [0.4, 0.5) is 5.82 Å². The van der Waals surface area contributed by atoms with Gasteiger partial charge in [-0.05, 0) is 65.9 Å². The lowest BCUT2D eigenvalue weighted by Crippen LogP contribution is -2.47. The van der Waals surface area contributed by atoms with Crippen molar-refractivity contribution in [2.24, 2.45) is 16.5 Å². The van der Waals surface area contributed by atoms with Gasteiger partial charge in [-0.1, -0.05) is 60.7 Å². The highest BCUT2D eigenvalue weighted by Gasteiger charge is 2.23. The van der Waals surface area contributed by atoms with E-state index in [0.29, 0.717) is 31.5 Å². The molecule has 0 fully saturated rings. The van der Waals surface area contributed by atoms with Crippen molar-refractivity contribution in [2.75, 3.05) is 18.5 Å². The third-order valence-corrected chi connectivity index (χ3v) is 6.89. The van der Waals surface area contributed by atoms with Gasteiger partial charge in [0.05, 0.1) is 6.04 Å². The third-order valence-electron chi connectivity index (χ3n) is 6.89. The van der Waals surface area contributed by atoms with E-state index in [0.717, 1.165) is 27.7 Å². The number of guanidine groups is 1. The Morgan fingerprint density at radius 1 is 0.927 bits per heavy atom. The number of nitrogens with two attached hydrogens (primary N) is 2. The second-order valence-electron chi connectivity index (χ2n) is 10.0. The number of fused-ring (bicyclic) bond motifs is 1. The molecule has 0 spiro atoms. The Kier molecular flexibility index (Phi) is 9.88. The second-order valence-corrected chi connectivity index (χ2v) is 10.0. The maximum atomic E-state index is 13.4. The molecule has 0 saturated carbocycles. The molecule has 1 aromatic heterocycles. The van der Waals surface area contributed by atoms with E-state index in [4.69, 9.17) is 11.5 Å². The van der Waals surface area contributed by atoms with Crippen molar-refractivity contribution in [1.82, 2.24) is 15.6 Å². The van der Waals surface area contributed by atoms with Crippen LogP contribution in [0.2, 0.25) is 0 Å². The van der Waals surface area contributed by atoms with Gasteiger partial charge in [-0.15, -0.1) is 0 Å². The molecular formula is C32H37N7O2. The molecule has 9 nitrogen and oxygen atoms in total. The average Bonchev–Trinajstić information content (AvgIpc) is 2.98. The molecular weight excluding hydrogens is 514 g/mol. The number of anilines is 1. The van der Waals surface area contributed by atoms with Gasteiger partial charge in [-0.2, -0.15) is 0 Å². The standard InChI is InChI=1S/C32H37N7O2/c1-22(26-12-7-10-24-9-3-4-11-27(24)26)37-31(41)28(13-8-20-36-32(33)34)38-30(40)25-17-15-23(16-18-25)21-39(2)29-14-5-6-19-35-29/h3-7,9-12,14-19,22,28H,8,13,20-21H2,1-2H3,(H,37,41)(H,38,40)(H4,33,34,36)/t22-,28-/m0/s1. The average molecular weight is 552 g/mol. The van der Waals surface area contributed by atoms with Crippen molar-refractivity contribution in [2.45, 2.75) is 38.4 Å². The fourth-order valence-corrected chi connectivity index (χ4v) is 4.73. The Bertz CT molecular complexity index is 1480. The summed E-state index contributed by atoms with van der Waals surface area (Å²) in [6, 6.07) is 26.2. The maximum Gasteiger partial charge on any atom is 0.251 e. The lowest BCUT2D eigenvalue weighted by Gasteiger charge is -2.22. The van der Waals surface area contributed by atoms with Crippen LogP contribution in [-0.2, 0) is 11.3 Å². The Balaban J connectivity index is 1.43. The molecule has 0 radical (unpaired) electrons. The number of aliphatic imine (C=N–C) groups is 1. The van der Waals surface area contributed by atoms with Crippen LogP contribution in [0.3, 0.4) is 0 Å². The fraction of sp³-hybridized carbons (Fsp3) is 0.250. The number of nitrogens with zero attached hydrogens (tertiary/aromatic N) is 3. The SMILES string of the molecule is C[C@H](NC(=O)[C@H](CCCN=C(N)N)NC(=O)c1ccc(CN(C)c2ccccn2)cc1)c1cccc2ccccc12. The first-order valence-corrected chi connectivity index (χ1v) is 13.7. The molecule has 0 bridgehead atoms. The molecule has 3 aromatic carbocycles. The molecule has 0 saturated heterocycles. The van der Waals surface area contributed by atoms with E-state index in [1.807, 2.05) is 91.7 Å². The normalized spacial score (nSPS) is 12.2. The molecule has 0 aliphatic carbocycles. The van der Waals surface area contributed by atoms with Gasteiger partial charge in [0.1, 0.15) is 11.9 Å². The predicted molar refractivity (Wildman–Crippen MR) is 164 cm³/mol. The van der Waals surface area contributed by atoms with Crippen molar-refractivity contribution in [1.29, 1.82) is 0 Å². The monoisotopic (exact) mass is 551 g/mol. The quantitative estimate of drug-likeness (QED) is 0.120. The molecule has 41 heavy (non-hydrogen) atoms. The summed E-state index contributed by atoms with van der Waals surface area (Å²) < 4.78 is 0. The highest BCUT2D eigenvalue weighted by Crippen LogP contribution is 2.24. The van der Waals surface area contributed by atoms with Gasteiger partial charge >= 0.3 is 0 Å². The molecule has 9 heteroatoms. The molecule has 1 heterocycles. The van der Waals surface area contributed by atoms with Gasteiger partial charge in [0.15, 0.2) is 5.96 Å². The number of nitrogens with one attached hydrogen (secondary N) is 2. The summed E-state index contributed by atoms with van der Waals surface area (Å²) in [6.45, 7) is 2.94. The molecule has 4 aromatic rings. The molecule has 6 N–H and O–H groups in total. The Morgan fingerprint density at radius 3 is 2.39 bits per heavy atom. The number of hydrogen-bond donors (Lipinski definition) is 4. The van der Waals surface area contributed by atoms with E-state index < -0.39 is 6.04 Å². The number of aromatic nitrogens is 1. The fourth-order valence-electron chi connectivity index (χ4n) is 4.73. The maximum absolute atomic E-state index is 13.4. The van der Waals surface area contributed by atoms with E-state index >= 15 is 0 Å². The van der Waals surface area contributed by atoms with Gasteiger partial charge in [0.25, 0.3) is 5.91 Å². The highest BCUT2D eigenvalue weighted by atomic mass is 16.2. The number of carbonyl (C=O) groups is 2. The first-order valence-electron chi connectivity index (χ1n) is 13.7. The van der Waals surface area contributed by atoms with Gasteiger partial charge in [0.2, 0.25) is 5.91 Å². The summed E-state index contributed by atoms with van der Waals surface area (Å²) in [6.07, 6.45) is 2.66. The molecule has 0 aliphatic heterocycles. The minimum atomic E-state index is -0.760. The second kappa shape index (κ2) is 13.9. The van der Waals surface area contributed by atoms with Crippen LogP contribution in [0.1, 0.15) is 47.3 Å². The Morgan fingerprint density at radius 2 is 1.66 bits per heavy atom. The van der Waals surface area contributed by atoms with Crippen LogP contribution in [-0.4, -0.2) is 42.4 Å². The van der Waals surface area contributed by atoms with Crippen LogP contribution in [0, 0.1) is 0 Å². The van der Waals surface area contributed by atoms with E-state index in [1.165, 1.54) is 0 Å². The van der Waals surface area contributed by atoms with E-state index in [-0.39, 0.29) is 23.8 Å². The van der Waals surface area contributed by atoms with Crippen LogP contribution in [0.5, 0.6) is 0 Å². The molecule has 2 amide bonds. The summed E-state index contributed by atoms with van der Waals surface area (Å²) in [4.78, 5) is 37.1. The van der Waals surface area contributed by atoms with Gasteiger partial charge in [-0.3, -0.25) is 14.6 Å². The number of amides is 2. The Labute approximate surface area is 240 Å². The zero-order valence-electron chi connectivity index (χ0n) is 23.5. The van der Waals surface area contributed by atoms with Gasteiger partial charge in [-0.25, -0.2) is 4.98 Å². The van der Waals surface area contributed by atoms with Crippen molar-refractivity contribution >= 4 is 34.4 Å². The van der Waals surface area contributed by atoms with Gasteiger partial charge < -0.3 is 27.0 Å². The van der Waals surface area contributed by atoms with Crippen molar-refractivity contribution in [3.8, 4) is 0 Å². The summed E-state index contributed by atoms with van der Waals surface area (Å²) in [7, 11) is 1.97. The molecule has 2 atom stereocenters. The van der Waals surface area contributed by atoms with Crippen molar-refractivity contribution in [3.05, 3.63) is 108 Å². The number of hydrogen-bond acceptors (Lipinski definition) is 5. The topological polar surface area (TPSA) is 139 Å². The van der Waals surface area contributed by atoms with Crippen LogP contribution < -0.4 is 27.0 Å². The summed E-state index contributed by atoms with van der Waals surface area (Å²) in [5, 5.41) is 8.18. The number of rotatable bonds is 12. The number of pyridine rings is 1. The molecule has 4 rings (SSSR count). The highest BCUT2D eigenvalue weighted by molar-refractivity contribution is 5.97. The third kappa shape index (κ3) is 8.04. The van der Waals surface area contributed by atoms with E-state index in [1.54, 1.807) is 18.3 Å². The summed E-state index contributed by atoms with van der Waals surface area (Å²) in [5.74, 6) is 0.265. The summed E-state index contributed by atoms with van der Waals surface area (Å²) >= 11 is 0. The first-order chi connectivity index (χ1) is 19.8. The lowest BCUT2D eigenvalue weighted by molar-refractivity contribution is -0.123. The van der Waals surface area contributed by atoms with Crippen LogP contribution in [0.25, 0.3) is 10.8 Å². The van der Waals surface area contributed by atoms with E-state index in [9.17, 15) is 9.59 Å². The van der Waals surface area contributed by atoms with Crippen LogP contribution in [0.15, 0.2) is 96.1 Å². The number of carbonyl (C=O) groups excluding carboxylic acids is 2. The zero-order valence-corrected chi connectivity index (χ0v) is 23.5. The minimum absolute atomic E-state index is 0.00612. The smallest absolute Gasteiger partial charge is 0.251 e. The molecule has 0 aliphatic rings.